The van der Waals surface area contributed by atoms with Crippen LogP contribution in [0.25, 0.3) is 0 Å². The summed E-state index contributed by atoms with van der Waals surface area (Å²) in [6, 6.07) is 0. The number of carbonyl (C=O) groups is 1. The van der Waals surface area contributed by atoms with Crippen molar-refractivity contribution in [3.63, 3.8) is 0 Å². The van der Waals surface area contributed by atoms with Crippen LogP contribution in [0.3, 0.4) is 0 Å². The summed E-state index contributed by atoms with van der Waals surface area (Å²) >= 11 is 0. The van der Waals surface area contributed by atoms with Gasteiger partial charge in [-0.2, -0.15) is 0 Å². The molecule has 7 nitrogen and oxygen atoms in total. The van der Waals surface area contributed by atoms with E-state index in [4.69, 9.17) is 4.74 Å². The Morgan fingerprint density at radius 2 is 1.59 bits per heavy atom. The second-order valence-electron chi connectivity index (χ2n) is 6.70. The van der Waals surface area contributed by atoms with E-state index < -0.39 is 16.5 Å². The monoisotopic (exact) mass is 309 g/mol. The van der Waals surface area contributed by atoms with Gasteiger partial charge in [-0.05, 0) is 20.8 Å². The van der Waals surface area contributed by atoms with Crippen LogP contribution in [0.5, 0.6) is 0 Å². The van der Waals surface area contributed by atoms with Crippen LogP contribution in [0.1, 0.15) is 20.8 Å². The van der Waals surface area contributed by atoms with Gasteiger partial charge in [-0.15, -0.1) is 0 Å². The lowest BCUT2D eigenvalue weighted by Gasteiger charge is -2.38. The van der Waals surface area contributed by atoms with Crippen LogP contribution in [0.15, 0.2) is 9.59 Å². The van der Waals surface area contributed by atoms with E-state index in [2.05, 4.69) is 0 Å². The van der Waals surface area contributed by atoms with E-state index in [0.717, 1.165) is 0 Å². The Kier molecular flexibility index (Phi) is 4.17. The smallest absolute Gasteiger partial charge is 0.410 e. The van der Waals surface area contributed by atoms with Crippen LogP contribution in [-0.2, 0) is 4.74 Å². The maximum atomic E-state index is 12.0. The highest BCUT2D eigenvalue weighted by Gasteiger charge is 2.31. The van der Waals surface area contributed by atoms with E-state index in [9.17, 15) is 14.4 Å². The SMILES string of the molecule is CN(C)c1c(N2CCN(C(=O)OC(C)(C)C)CC2)c(=O)c1=O. The summed E-state index contributed by atoms with van der Waals surface area (Å²) in [6.45, 7) is 7.47. The Morgan fingerprint density at radius 3 is 2.05 bits per heavy atom. The van der Waals surface area contributed by atoms with Crippen molar-refractivity contribution in [2.75, 3.05) is 50.1 Å². The lowest BCUT2D eigenvalue weighted by molar-refractivity contribution is 0.0240. The number of carbonyl (C=O) groups excluding carboxylic acids is 1. The Hall–Kier alpha value is -2.05. The van der Waals surface area contributed by atoms with E-state index in [1.165, 1.54) is 0 Å². The quantitative estimate of drug-likeness (QED) is 0.737. The predicted molar refractivity (Wildman–Crippen MR) is 85.7 cm³/mol. The lowest BCUT2D eigenvalue weighted by atomic mass is 10.1. The summed E-state index contributed by atoms with van der Waals surface area (Å²) < 4.78 is 5.34. The number of hydrogen-bond acceptors (Lipinski definition) is 6. The van der Waals surface area contributed by atoms with Gasteiger partial charge in [0, 0.05) is 40.3 Å². The molecule has 22 heavy (non-hydrogen) atoms. The predicted octanol–water partition coefficient (Wildman–Crippen LogP) is 0.406. The molecule has 0 saturated carbocycles. The molecule has 1 amide bonds. The zero-order chi connectivity index (χ0) is 16.7. The Balaban J connectivity index is 2.02. The molecular formula is C15H23N3O4. The van der Waals surface area contributed by atoms with E-state index in [1.54, 1.807) is 23.9 Å². The van der Waals surface area contributed by atoms with Crippen molar-refractivity contribution in [3.8, 4) is 0 Å². The first kappa shape index (κ1) is 16.3. The van der Waals surface area contributed by atoms with Crippen molar-refractivity contribution < 1.29 is 9.53 Å². The molecule has 7 heteroatoms. The molecule has 122 valence electrons. The van der Waals surface area contributed by atoms with Gasteiger partial charge in [0.15, 0.2) is 0 Å². The topological polar surface area (TPSA) is 70.2 Å². The minimum Gasteiger partial charge on any atom is -0.444 e. The van der Waals surface area contributed by atoms with E-state index in [0.29, 0.717) is 37.6 Å². The number of anilines is 2. The third-order valence-corrected chi connectivity index (χ3v) is 3.56. The molecule has 1 fully saturated rings. The van der Waals surface area contributed by atoms with Gasteiger partial charge in [-0.3, -0.25) is 9.59 Å². The average molecular weight is 309 g/mol. The van der Waals surface area contributed by atoms with Crippen LogP contribution in [-0.4, -0.2) is 56.9 Å². The minimum absolute atomic E-state index is 0.343. The van der Waals surface area contributed by atoms with Gasteiger partial charge in [-0.1, -0.05) is 0 Å². The van der Waals surface area contributed by atoms with Crippen LogP contribution < -0.4 is 20.7 Å². The highest BCUT2D eigenvalue weighted by Crippen LogP contribution is 2.24. The van der Waals surface area contributed by atoms with Gasteiger partial charge in [0.2, 0.25) is 0 Å². The van der Waals surface area contributed by atoms with Gasteiger partial charge in [-0.25, -0.2) is 4.79 Å². The second kappa shape index (κ2) is 5.62. The fourth-order valence-corrected chi connectivity index (χ4v) is 2.52. The standard InChI is InChI=1S/C15H23N3O4/c1-15(2,3)22-14(21)18-8-6-17(7-9-18)11-10(16(4)5)12(19)13(11)20/h6-9H2,1-5H3. The molecule has 0 spiro atoms. The van der Waals surface area contributed by atoms with Gasteiger partial charge < -0.3 is 19.4 Å². The van der Waals surface area contributed by atoms with Gasteiger partial charge in [0.1, 0.15) is 17.0 Å². The molecule has 0 unspecified atom stereocenters. The Bertz CT molecular complexity index is 630. The van der Waals surface area contributed by atoms with Gasteiger partial charge >= 0.3 is 6.09 Å². The number of amides is 1. The molecule has 0 radical (unpaired) electrons. The van der Waals surface area contributed by atoms with Crippen molar-refractivity contribution in [3.05, 3.63) is 20.4 Å². The maximum absolute atomic E-state index is 12.0. The molecule has 1 aromatic carbocycles. The summed E-state index contributed by atoms with van der Waals surface area (Å²) in [5.41, 5.74) is -0.468. The zero-order valence-corrected chi connectivity index (χ0v) is 13.8. The van der Waals surface area contributed by atoms with Crippen molar-refractivity contribution in [1.82, 2.24) is 4.90 Å². The Morgan fingerprint density at radius 1 is 1.05 bits per heavy atom. The fraction of sp³-hybridized carbons (Fsp3) is 0.667. The lowest BCUT2D eigenvalue weighted by Crippen LogP contribution is -2.54. The molecule has 0 N–H and O–H groups in total. The molecule has 2 rings (SSSR count). The van der Waals surface area contributed by atoms with Crippen LogP contribution in [0.4, 0.5) is 16.2 Å². The van der Waals surface area contributed by atoms with Gasteiger partial charge in [0.25, 0.3) is 10.9 Å². The molecule has 0 aromatic heterocycles. The highest BCUT2D eigenvalue weighted by atomic mass is 16.6. The van der Waals surface area contributed by atoms with E-state index >= 15 is 0 Å². The molecule has 1 heterocycles. The molecular weight excluding hydrogens is 286 g/mol. The molecule has 1 saturated heterocycles. The third-order valence-electron chi connectivity index (χ3n) is 3.56. The molecule has 0 bridgehead atoms. The second-order valence-corrected chi connectivity index (χ2v) is 6.70. The van der Waals surface area contributed by atoms with Crippen LogP contribution in [0, 0.1) is 0 Å². The molecule has 0 atom stereocenters. The number of hydrogen-bond donors (Lipinski definition) is 0. The van der Waals surface area contributed by atoms with Crippen molar-refractivity contribution in [2.45, 2.75) is 26.4 Å². The largest absolute Gasteiger partial charge is 0.444 e. The third kappa shape index (κ3) is 3.08. The fourth-order valence-electron chi connectivity index (χ4n) is 2.52. The first-order chi connectivity index (χ1) is 10.1. The molecule has 1 aliphatic rings. The van der Waals surface area contributed by atoms with E-state index in [1.807, 2.05) is 25.7 Å². The number of piperazine rings is 1. The van der Waals surface area contributed by atoms with E-state index in [-0.39, 0.29) is 6.09 Å². The normalized spacial score (nSPS) is 16.0. The first-order valence-electron chi connectivity index (χ1n) is 7.35. The summed E-state index contributed by atoms with van der Waals surface area (Å²) in [7, 11) is 3.49. The summed E-state index contributed by atoms with van der Waals surface area (Å²) in [4.78, 5) is 40.6. The number of ether oxygens (including phenoxy) is 1. The molecule has 1 aromatic rings. The minimum atomic E-state index is -0.523. The Labute approximate surface area is 129 Å². The summed E-state index contributed by atoms with van der Waals surface area (Å²) in [5, 5.41) is 0. The zero-order valence-electron chi connectivity index (χ0n) is 13.8. The average Bonchev–Trinajstić information content (AvgIpc) is 2.41. The summed E-state index contributed by atoms with van der Waals surface area (Å²) in [5.74, 6) is 0. The maximum Gasteiger partial charge on any atom is 0.410 e. The number of rotatable bonds is 2. The van der Waals surface area contributed by atoms with Crippen molar-refractivity contribution >= 4 is 17.5 Å². The summed E-state index contributed by atoms with van der Waals surface area (Å²) in [6.07, 6.45) is -0.343. The highest BCUT2D eigenvalue weighted by molar-refractivity contribution is 5.76. The van der Waals surface area contributed by atoms with Crippen molar-refractivity contribution in [2.24, 2.45) is 0 Å². The van der Waals surface area contributed by atoms with Crippen molar-refractivity contribution in [1.29, 1.82) is 0 Å². The molecule has 0 aliphatic carbocycles. The molecule has 1 aliphatic heterocycles. The van der Waals surface area contributed by atoms with Gasteiger partial charge in [0.05, 0.1) is 0 Å². The van der Waals surface area contributed by atoms with Crippen LogP contribution >= 0.6 is 0 Å². The number of nitrogens with zero attached hydrogens (tertiary/aromatic N) is 3. The first-order valence-corrected chi connectivity index (χ1v) is 7.35. The van der Waals surface area contributed by atoms with Crippen LogP contribution in [0.2, 0.25) is 0 Å².